The summed E-state index contributed by atoms with van der Waals surface area (Å²) in [5, 5.41) is 12.2. The monoisotopic (exact) mass is 534 g/mol. The average molecular weight is 535 g/mol. The molecule has 9 heteroatoms. The number of fused-ring (bicyclic) bond motifs is 1. The van der Waals surface area contributed by atoms with Gasteiger partial charge in [-0.3, -0.25) is 14.5 Å². The van der Waals surface area contributed by atoms with E-state index in [0.29, 0.717) is 38.3 Å². The maximum atomic E-state index is 13.5. The molecule has 1 atom stereocenters. The third kappa shape index (κ3) is 4.22. The lowest BCUT2D eigenvalue weighted by Gasteiger charge is -2.25. The summed E-state index contributed by atoms with van der Waals surface area (Å²) in [6, 6.07) is 16.5. The van der Waals surface area contributed by atoms with Crippen LogP contribution in [0.25, 0.3) is 16.0 Å². The molecule has 1 saturated heterocycles. The van der Waals surface area contributed by atoms with E-state index < -0.39 is 17.7 Å². The number of para-hydroxylation sites is 1. The van der Waals surface area contributed by atoms with Gasteiger partial charge in [0.2, 0.25) is 0 Å². The number of benzene rings is 3. The molecule has 7 nitrogen and oxygen atoms in total. The number of thiazole rings is 1. The molecular weight excluding hydrogens is 512 g/mol. The molecule has 4 aromatic rings. The highest BCUT2D eigenvalue weighted by Gasteiger charge is 2.49. The van der Waals surface area contributed by atoms with Crippen LogP contribution < -0.4 is 14.4 Å². The van der Waals surface area contributed by atoms with Crippen LogP contribution in [-0.2, 0) is 16.0 Å². The van der Waals surface area contributed by atoms with Crippen LogP contribution in [0, 0.1) is 0 Å². The number of aliphatic hydroxyl groups excluding tert-OH is 1. The lowest BCUT2D eigenvalue weighted by atomic mass is 9.94. The number of rotatable bonds is 6. The molecule has 37 heavy (non-hydrogen) atoms. The van der Waals surface area contributed by atoms with E-state index in [-0.39, 0.29) is 11.3 Å². The number of Topliss-reactive ketones (excluding diaryl/α,β-unsaturated/α-hetero) is 1. The maximum Gasteiger partial charge on any atom is 0.301 e. The minimum absolute atomic E-state index is 0.0765. The van der Waals surface area contributed by atoms with Crippen molar-refractivity contribution in [2.24, 2.45) is 0 Å². The van der Waals surface area contributed by atoms with Crippen molar-refractivity contribution in [1.29, 1.82) is 0 Å². The van der Waals surface area contributed by atoms with E-state index in [1.807, 2.05) is 18.2 Å². The molecule has 0 radical (unpaired) electrons. The number of carbonyl (C=O) groups excluding carboxylic acids is 2. The van der Waals surface area contributed by atoms with Crippen molar-refractivity contribution in [3.8, 4) is 11.5 Å². The predicted molar refractivity (Wildman–Crippen MR) is 145 cm³/mol. The first-order chi connectivity index (χ1) is 17.9. The summed E-state index contributed by atoms with van der Waals surface area (Å²) < 4.78 is 12.0. The van der Waals surface area contributed by atoms with Crippen LogP contribution in [0.2, 0.25) is 5.02 Å². The number of carbonyl (C=O) groups is 2. The summed E-state index contributed by atoms with van der Waals surface area (Å²) in [5.74, 6) is -1.16. The number of hydrogen-bond donors (Lipinski definition) is 1. The predicted octanol–water partition coefficient (Wildman–Crippen LogP) is 6.16. The molecule has 5 rings (SSSR count). The Balaban J connectivity index is 1.77. The van der Waals surface area contributed by atoms with Crippen LogP contribution in [-0.4, -0.2) is 36.0 Å². The molecule has 0 aliphatic carbocycles. The van der Waals surface area contributed by atoms with Gasteiger partial charge in [-0.15, -0.1) is 0 Å². The van der Waals surface area contributed by atoms with Gasteiger partial charge in [0.25, 0.3) is 5.78 Å². The van der Waals surface area contributed by atoms with Crippen molar-refractivity contribution in [3.05, 3.63) is 87.9 Å². The van der Waals surface area contributed by atoms with E-state index in [1.54, 1.807) is 42.5 Å². The van der Waals surface area contributed by atoms with Gasteiger partial charge in [-0.05, 0) is 54.4 Å². The number of nitrogens with zero attached hydrogens (tertiary/aromatic N) is 2. The van der Waals surface area contributed by atoms with Gasteiger partial charge in [-0.1, -0.05) is 48.1 Å². The zero-order chi connectivity index (χ0) is 26.3. The quantitative estimate of drug-likeness (QED) is 0.181. The number of aromatic nitrogens is 1. The highest BCUT2D eigenvalue weighted by molar-refractivity contribution is 7.22. The van der Waals surface area contributed by atoms with Crippen LogP contribution >= 0.6 is 22.9 Å². The van der Waals surface area contributed by atoms with E-state index in [1.165, 1.54) is 30.5 Å². The summed E-state index contributed by atoms with van der Waals surface area (Å²) in [6.45, 7) is 2.06. The fourth-order valence-corrected chi connectivity index (χ4v) is 5.68. The Hall–Kier alpha value is -3.88. The van der Waals surface area contributed by atoms with Gasteiger partial charge < -0.3 is 14.6 Å². The Morgan fingerprint density at radius 1 is 1.08 bits per heavy atom. The summed E-state index contributed by atoms with van der Waals surface area (Å²) in [7, 11) is 2.99. The van der Waals surface area contributed by atoms with Gasteiger partial charge in [0.1, 0.15) is 11.8 Å². The van der Waals surface area contributed by atoms with Gasteiger partial charge in [0, 0.05) is 16.1 Å². The van der Waals surface area contributed by atoms with Gasteiger partial charge >= 0.3 is 5.91 Å². The average Bonchev–Trinajstić information content (AvgIpc) is 3.45. The van der Waals surface area contributed by atoms with E-state index in [0.717, 1.165) is 16.7 Å². The van der Waals surface area contributed by atoms with Crippen molar-refractivity contribution in [3.63, 3.8) is 0 Å². The lowest BCUT2D eigenvalue weighted by molar-refractivity contribution is -0.132. The second kappa shape index (κ2) is 9.88. The largest absolute Gasteiger partial charge is 0.507 e. The SMILES string of the molecule is CCc1ccc2nc(N3C(=O)C(=O)C(=C(O)c4ccc(Cl)cc4)[C@H]3c3cccc(OC)c3OC)sc2c1. The minimum atomic E-state index is -1.01. The summed E-state index contributed by atoms with van der Waals surface area (Å²) in [5.41, 5.74) is 2.61. The van der Waals surface area contributed by atoms with Crippen molar-refractivity contribution in [2.75, 3.05) is 19.1 Å². The summed E-state index contributed by atoms with van der Waals surface area (Å²) in [4.78, 5) is 33.1. The molecule has 1 aliphatic heterocycles. The lowest BCUT2D eigenvalue weighted by Crippen LogP contribution is -2.29. The van der Waals surface area contributed by atoms with Crippen molar-refractivity contribution >= 4 is 55.7 Å². The summed E-state index contributed by atoms with van der Waals surface area (Å²) >= 11 is 7.34. The Bertz CT molecular complexity index is 1560. The molecule has 1 amide bonds. The Morgan fingerprint density at radius 3 is 2.51 bits per heavy atom. The van der Waals surface area contributed by atoms with E-state index in [9.17, 15) is 14.7 Å². The number of methoxy groups -OCH3 is 2. The number of hydrogen-bond acceptors (Lipinski definition) is 7. The Kier molecular flexibility index (Phi) is 6.62. The molecule has 1 aromatic heterocycles. The molecule has 2 heterocycles. The molecule has 1 fully saturated rings. The van der Waals surface area contributed by atoms with Crippen LogP contribution in [0.3, 0.4) is 0 Å². The van der Waals surface area contributed by atoms with Gasteiger partial charge in [-0.25, -0.2) is 4.98 Å². The molecule has 3 aromatic carbocycles. The van der Waals surface area contributed by atoms with Crippen LogP contribution in [0.15, 0.2) is 66.2 Å². The molecule has 188 valence electrons. The highest BCUT2D eigenvalue weighted by atomic mass is 35.5. The third-order valence-corrected chi connectivity index (χ3v) is 7.62. The number of anilines is 1. The standard InChI is InChI=1S/C28H23ClN2O5S/c1-4-15-8-13-19-21(14-15)37-28(30-19)31-23(18-6-5-7-20(35-2)26(18)36-3)22(25(33)27(31)34)24(32)16-9-11-17(29)12-10-16/h5-14,23,32H,4H2,1-3H3/t23-/m1/s1. The molecule has 1 aliphatic rings. The summed E-state index contributed by atoms with van der Waals surface area (Å²) in [6.07, 6.45) is 0.857. The number of ketones is 1. The van der Waals surface area contributed by atoms with Crippen molar-refractivity contribution in [1.82, 2.24) is 4.98 Å². The number of amides is 1. The van der Waals surface area contributed by atoms with Crippen molar-refractivity contribution in [2.45, 2.75) is 19.4 Å². The van der Waals surface area contributed by atoms with Gasteiger partial charge in [0.05, 0.1) is 30.0 Å². The zero-order valence-electron chi connectivity index (χ0n) is 20.3. The molecular formula is C28H23ClN2O5S. The fraction of sp³-hybridized carbons (Fsp3) is 0.179. The first kappa shape index (κ1) is 24.8. The smallest absolute Gasteiger partial charge is 0.301 e. The highest BCUT2D eigenvalue weighted by Crippen LogP contribution is 2.48. The number of halogens is 1. The van der Waals surface area contributed by atoms with Gasteiger partial charge in [-0.2, -0.15) is 0 Å². The maximum absolute atomic E-state index is 13.5. The second-order valence-electron chi connectivity index (χ2n) is 8.41. The van der Waals surface area contributed by atoms with Crippen LogP contribution in [0.5, 0.6) is 11.5 Å². The Morgan fingerprint density at radius 2 is 1.84 bits per heavy atom. The van der Waals surface area contributed by atoms with Crippen LogP contribution in [0.1, 0.15) is 29.7 Å². The number of aryl methyl sites for hydroxylation is 1. The first-order valence-corrected chi connectivity index (χ1v) is 12.7. The Labute approximate surface area is 222 Å². The second-order valence-corrected chi connectivity index (χ2v) is 9.86. The zero-order valence-corrected chi connectivity index (χ0v) is 21.9. The number of ether oxygens (including phenoxy) is 2. The molecule has 0 bridgehead atoms. The number of aliphatic hydroxyl groups is 1. The minimum Gasteiger partial charge on any atom is -0.507 e. The van der Waals surface area contributed by atoms with Crippen LogP contribution in [0.4, 0.5) is 5.13 Å². The molecule has 0 saturated carbocycles. The van der Waals surface area contributed by atoms with E-state index >= 15 is 0 Å². The molecule has 0 spiro atoms. The normalized spacial score (nSPS) is 17.0. The van der Waals surface area contributed by atoms with E-state index in [2.05, 4.69) is 11.9 Å². The van der Waals surface area contributed by atoms with E-state index in [4.69, 9.17) is 21.1 Å². The third-order valence-electron chi connectivity index (χ3n) is 6.35. The first-order valence-electron chi connectivity index (χ1n) is 11.5. The molecule has 0 unspecified atom stereocenters. The van der Waals surface area contributed by atoms with Crippen molar-refractivity contribution < 1.29 is 24.2 Å². The van der Waals surface area contributed by atoms with Gasteiger partial charge in [0.15, 0.2) is 16.6 Å². The molecule has 1 N–H and O–H groups in total. The fourth-order valence-electron chi connectivity index (χ4n) is 4.49. The topological polar surface area (TPSA) is 89.0 Å².